The molecule has 0 bridgehead atoms. The molecule has 0 aliphatic carbocycles. The van der Waals surface area contributed by atoms with E-state index in [1.165, 1.54) is 6.20 Å². The maximum Gasteiger partial charge on any atom is 0.252 e. The zero-order valence-corrected chi connectivity index (χ0v) is 13.1. The van der Waals surface area contributed by atoms with E-state index in [-0.39, 0.29) is 12.5 Å². The summed E-state index contributed by atoms with van der Waals surface area (Å²) in [5.74, 6) is -0.0746. The van der Waals surface area contributed by atoms with Crippen LogP contribution in [0.2, 0.25) is 0 Å². The van der Waals surface area contributed by atoms with Crippen molar-refractivity contribution in [1.82, 2.24) is 20.1 Å². The number of amides is 2. The molecule has 0 unspecified atom stereocenters. The van der Waals surface area contributed by atoms with Gasteiger partial charge in [0.25, 0.3) is 5.91 Å². The third-order valence-corrected chi connectivity index (χ3v) is 4.31. The highest BCUT2D eigenvalue weighted by molar-refractivity contribution is 5.94. The molecule has 8 nitrogen and oxygen atoms in total. The highest BCUT2D eigenvalue weighted by Gasteiger charge is 2.38. The lowest BCUT2D eigenvalue weighted by Gasteiger charge is -2.34. The number of rotatable bonds is 5. The molecule has 0 spiro atoms. The second kappa shape index (κ2) is 6.79. The minimum absolute atomic E-state index is 0.200. The summed E-state index contributed by atoms with van der Waals surface area (Å²) in [6.45, 7) is 1.14. The molecular weight excluding hydrogens is 310 g/mol. The van der Waals surface area contributed by atoms with Crippen molar-refractivity contribution in [2.24, 2.45) is 11.1 Å². The second-order valence-electron chi connectivity index (χ2n) is 5.80. The number of carbonyl (C=O) groups excluding carboxylic acids is 2. The molecule has 1 aliphatic heterocycles. The lowest BCUT2D eigenvalue weighted by Crippen LogP contribution is -2.49. The fraction of sp³-hybridized carbons (Fsp3) is 0.375. The first kappa shape index (κ1) is 16.1. The Morgan fingerprint density at radius 3 is 2.71 bits per heavy atom. The number of nitrogens with zero attached hydrogens (tertiary/aromatic N) is 3. The molecule has 0 saturated carbocycles. The van der Waals surface area contributed by atoms with Crippen LogP contribution in [0.15, 0.2) is 36.8 Å². The first-order chi connectivity index (χ1) is 11.6. The molecule has 1 saturated heterocycles. The molecule has 0 aromatic carbocycles. The van der Waals surface area contributed by atoms with Gasteiger partial charge in [0.1, 0.15) is 0 Å². The Hall–Kier alpha value is -2.74. The fourth-order valence-electron chi connectivity index (χ4n) is 2.68. The molecule has 3 N–H and O–H groups in total. The van der Waals surface area contributed by atoms with E-state index in [0.717, 1.165) is 0 Å². The van der Waals surface area contributed by atoms with Crippen LogP contribution in [0.5, 0.6) is 0 Å². The highest BCUT2D eigenvalue weighted by Crippen LogP contribution is 2.29. The molecule has 2 aromatic rings. The first-order valence-corrected chi connectivity index (χ1v) is 7.73. The van der Waals surface area contributed by atoms with E-state index < -0.39 is 11.3 Å². The largest absolute Gasteiger partial charge is 0.381 e. The van der Waals surface area contributed by atoms with Gasteiger partial charge in [-0.25, -0.2) is 9.67 Å². The van der Waals surface area contributed by atoms with Gasteiger partial charge in [-0.3, -0.25) is 9.59 Å². The topological polar surface area (TPSA) is 112 Å². The predicted octanol–water partition coefficient (Wildman–Crippen LogP) is 0.279. The average molecular weight is 329 g/mol. The van der Waals surface area contributed by atoms with Gasteiger partial charge in [-0.15, -0.1) is 0 Å². The number of aromatic nitrogens is 3. The summed E-state index contributed by atoms with van der Waals surface area (Å²) >= 11 is 0. The lowest BCUT2D eigenvalue weighted by molar-refractivity contribution is -0.132. The van der Waals surface area contributed by atoms with Gasteiger partial charge < -0.3 is 15.8 Å². The Labute approximate surface area is 139 Å². The van der Waals surface area contributed by atoms with Gasteiger partial charge in [0.15, 0.2) is 5.82 Å². The second-order valence-corrected chi connectivity index (χ2v) is 5.80. The maximum atomic E-state index is 12.3. The van der Waals surface area contributed by atoms with Gasteiger partial charge >= 0.3 is 0 Å². The number of carbonyl (C=O) groups is 2. The van der Waals surface area contributed by atoms with E-state index in [4.69, 9.17) is 10.5 Å². The van der Waals surface area contributed by atoms with E-state index in [1.807, 2.05) is 0 Å². The average Bonchev–Trinajstić information content (AvgIpc) is 3.15. The van der Waals surface area contributed by atoms with Crippen LogP contribution in [-0.2, 0) is 9.53 Å². The number of nitrogens with one attached hydrogen (secondary N) is 1. The molecule has 24 heavy (non-hydrogen) atoms. The molecule has 1 aliphatic rings. The molecule has 2 aromatic heterocycles. The van der Waals surface area contributed by atoms with Crippen LogP contribution in [0.3, 0.4) is 0 Å². The number of hydrogen-bond acceptors (Lipinski definition) is 5. The molecule has 3 rings (SSSR count). The summed E-state index contributed by atoms with van der Waals surface area (Å²) in [7, 11) is 0. The minimum atomic E-state index is -0.740. The van der Waals surface area contributed by atoms with Crippen LogP contribution in [0.25, 0.3) is 5.82 Å². The zero-order valence-electron chi connectivity index (χ0n) is 13.1. The third kappa shape index (κ3) is 3.28. The van der Waals surface area contributed by atoms with Crippen molar-refractivity contribution in [3.8, 4) is 5.82 Å². The number of primary amides is 1. The Bertz CT molecular complexity index is 706. The SMILES string of the molecule is NC(=O)C1(CNC(=O)c2ccc(-n3cccn3)nc2)CCOCC1. The van der Waals surface area contributed by atoms with Gasteiger partial charge in [0.05, 0.1) is 11.0 Å². The van der Waals surface area contributed by atoms with E-state index >= 15 is 0 Å². The summed E-state index contributed by atoms with van der Waals surface area (Å²) in [4.78, 5) is 28.3. The van der Waals surface area contributed by atoms with Crippen molar-refractivity contribution in [3.63, 3.8) is 0 Å². The quantitative estimate of drug-likeness (QED) is 0.818. The van der Waals surface area contributed by atoms with Crippen LogP contribution in [-0.4, -0.2) is 46.3 Å². The number of ether oxygens (including phenoxy) is 1. The highest BCUT2D eigenvalue weighted by atomic mass is 16.5. The zero-order chi connectivity index (χ0) is 17.0. The van der Waals surface area contributed by atoms with Crippen molar-refractivity contribution >= 4 is 11.8 Å². The Kier molecular flexibility index (Phi) is 4.57. The number of hydrogen-bond donors (Lipinski definition) is 2. The molecule has 3 heterocycles. The van der Waals surface area contributed by atoms with Crippen LogP contribution in [0, 0.1) is 5.41 Å². The number of pyridine rings is 1. The van der Waals surface area contributed by atoms with E-state index in [0.29, 0.717) is 37.4 Å². The van der Waals surface area contributed by atoms with Crippen LogP contribution < -0.4 is 11.1 Å². The summed E-state index contributed by atoms with van der Waals surface area (Å²) in [6.07, 6.45) is 5.93. The first-order valence-electron chi connectivity index (χ1n) is 7.73. The molecule has 0 radical (unpaired) electrons. The maximum absolute atomic E-state index is 12.3. The molecule has 8 heteroatoms. The standard InChI is InChI=1S/C16H19N5O3/c17-15(23)16(4-8-24-9-5-16)11-19-14(22)12-2-3-13(18-10-12)21-7-1-6-20-21/h1-3,6-7,10H,4-5,8-9,11H2,(H2,17,23)(H,19,22). The van der Waals surface area contributed by atoms with Gasteiger partial charge in [0, 0.05) is 38.3 Å². The summed E-state index contributed by atoms with van der Waals surface area (Å²) in [5, 5.41) is 6.86. The smallest absolute Gasteiger partial charge is 0.252 e. The van der Waals surface area contributed by atoms with Gasteiger partial charge in [-0.2, -0.15) is 5.10 Å². The van der Waals surface area contributed by atoms with Gasteiger partial charge in [0.2, 0.25) is 5.91 Å². The predicted molar refractivity (Wildman–Crippen MR) is 85.4 cm³/mol. The van der Waals surface area contributed by atoms with Crippen molar-refractivity contribution < 1.29 is 14.3 Å². The molecule has 1 fully saturated rings. The van der Waals surface area contributed by atoms with Crippen LogP contribution in [0.4, 0.5) is 0 Å². The summed E-state index contributed by atoms with van der Waals surface area (Å²) in [5.41, 5.74) is 5.21. The summed E-state index contributed by atoms with van der Waals surface area (Å²) in [6, 6.07) is 5.17. The van der Waals surface area contributed by atoms with Crippen molar-refractivity contribution in [3.05, 3.63) is 42.4 Å². The molecule has 0 atom stereocenters. The minimum Gasteiger partial charge on any atom is -0.381 e. The molecular formula is C16H19N5O3. The molecule has 126 valence electrons. The number of nitrogens with two attached hydrogens (primary N) is 1. The van der Waals surface area contributed by atoms with Crippen LogP contribution in [0.1, 0.15) is 23.2 Å². The van der Waals surface area contributed by atoms with E-state index in [9.17, 15) is 9.59 Å². The van der Waals surface area contributed by atoms with Crippen molar-refractivity contribution in [2.45, 2.75) is 12.8 Å². The normalized spacial score (nSPS) is 16.5. The Morgan fingerprint density at radius 2 is 2.12 bits per heavy atom. The Balaban J connectivity index is 1.65. The lowest BCUT2D eigenvalue weighted by atomic mass is 9.79. The van der Waals surface area contributed by atoms with Crippen LogP contribution >= 0.6 is 0 Å². The van der Waals surface area contributed by atoms with Crippen molar-refractivity contribution in [2.75, 3.05) is 19.8 Å². The van der Waals surface area contributed by atoms with E-state index in [2.05, 4.69) is 15.4 Å². The Morgan fingerprint density at radius 1 is 1.33 bits per heavy atom. The molecule has 2 amide bonds. The summed E-state index contributed by atoms with van der Waals surface area (Å²) < 4.78 is 6.88. The van der Waals surface area contributed by atoms with Gasteiger partial charge in [-0.1, -0.05) is 0 Å². The van der Waals surface area contributed by atoms with Gasteiger partial charge in [-0.05, 0) is 31.0 Å². The third-order valence-electron chi connectivity index (χ3n) is 4.31. The fourth-order valence-corrected chi connectivity index (χ4v) is 2.68. The van der Waals surface area contributed by atoms with Crippen molar-refractivity contribution in [1.29, 1.82) is 0 Å². The van der Waals surface area contributed by atoms with E-state index in [1.54, 1.807) is 35.3 Å². The monoisotopic (exact) mass is 329 g/mol.